The maximum Gasteiger partial charge on any atom is 0.402 e. The highest BCUT2D eigenvalue weighted by Gasteiger charge is 2.29. The molecule has 12 rings (SSSR count). The number of nitrogens with zero attached hydrogens (tertiary/aromatic N) is 16. The van der Waals surface area contributed by atoms with Crippen molar-refractivity contribution in [1.29, 1.82) is 0 Å². The molecule has 0 amide bonds. The van der Waals surface area contributed by atoms with E-state index in [0.717, 1.165) is 17.7 Å². The van der Waals surface area contributed by atoms with Gasteiger partial charge in [0.2, 0.25) is 0 Å². The van der Waals surface area contributed by atoms with Gasteiger partial charge in [0.1, 0.15) is 101 Å². The largest absolute Gasteiger partial charge is 0.431 e. The van der Waals surface area contributed by atoms with Gasteiger partial charge in [0.05, 0.1) is 89.1 Å². The van der Waals surface area contributed by atoms with Gasteiger partial charge in [0.25, 0.3) is 0 Å². The Labute approximate surface area is 612 Å². The molecule has 36 nitrogen and oxygen atoms in total. The van der Waals surface area contributed by atoms with E-state index in [1.54, 1.807) is 58.0 Å². The van der Waals surface area contributed by atoms with E-state index in [1.165, 1.54) is 92.3 Å². The third kappa shape index (κ3) is 25.2. The van der Waals surface area contributed by atoms with Crippen molar-refractivity contribution in [3.63, 3.8) is 0 Å². The summed E-state index contributed by atoms with van der Waals surface area (Å²) in [6.45, 7) is 5.96. The van der Waals surface area contributed by atoms with Crippen LogP contribution in [0.25, 0.3) is 44.7 Å². The number of nitrogens with one attached hydrogen (secondary N) is 1. The highest BCUT2D eigenvalue weighted by molar-refractivity contribution is 7.85. The van der Waals surface area contributed by atoms with Crippen molar-refractivity contribution >= 4 is 109 Å². The topological polar surface area (TPSA) is 493 Å². The summed E-state index contributed by atoms with van der Waals surface area (Å²) in [4.78, 5) is 76.0. The quantitative estimate of drug-likeness (QED) is 0.0144. The van der Waals surface area contributed by atoms with Crippen molar-refractivity contribution in [3.8, 4) is 17.2 Å². The van der Waals surface area contributed by atoms with Crippen molar-refractivity contribution < 1.29 is 83.4 Å². The first-order valence-electron chi connectivity index (χ1n) is 32.0. The molecule has 570 valence electrons. The van der Waals surface area contributed by atoms with Gasteiger partial charge >= 0.3 is 29.4 Å². The molecule has 3 unspecified atom stereocenters. The third-order valence-electron chi connectivity index (χ3n) is 14.5. The number of hydrogen-bond donors (Lipinski definition) is 8. The predicted molar refractivity (Wildman–Crippen MR) is 389 cm³/mol. The maximum atomic E-state index is 13.6. The number of aromatic nitrogens is 16. The molecular weight excluding hydrogens is 1510 g/mol. The van der Waals surface area contributed by atoms with Crippen LogP contribution in [-0.4, -0.2) is 156 Å². The minimum Gasteiger partial charge on any atom is -0.431 e. The molecular formula is C63H75ClF3N21O15P4. The van der Waals surface area contributed by atoms with Crippen LogP contribution in [0.3, 0.4) is 0 Å². The van der Waals surface area contributed by atoms with Gasteiger partial charge in [-0.15, -0.1) is 0 Å². The van der Waals surface area contributed by atoms with Crippen LogP contribution in [-0.2, 0) is 74.7 Å². The summed E-state index contributed by atoms with van der Waals surface area (Å²) < 4.78 is 138. The van der Waals surface area contributed by atoms with E-state index < -0.39 is 71.8 Å². The smallest absolute Gasteiger partial charge is 0.402 e. The molecule has 0 aliphatic heterocycles. The average molecular weight is 1580 g/mol. The van der Waals surface area contributed by atoms with Gasteiger partial charge in [-0.05, 0) is 117 Å². The number of nitrogen functional groups attached to an aromatic ring is 4. The predicted octanol–water partition coefficient (Wildman–Crippen LogP) is 9.53. The van der Waals surface area contributed by atoms with Crippen LogP contribution in [0.4, 0.5) is 36.4 Å². The second-order valence-corrected chi connectivity index (χ2v) is 32.0. The molecule has 12 N–H and O–H groups in total. The highest BCUT2D eigenvalue weighted by atomic mass is 35.7. The average Bonchev–Trinajstić information content (AvgIpc) is 1.65. The highest BCUT2D eigenvalue weighted by Crippen LogP contribution is 2.52. The Hall–Kier alpha value is -9.68. The van der Waals surface area contributed by atoms with Crippen LogP contribution in [0.5, 0.6) is 17.2 Å². The Balaban J connectivity index is 0.000000169. The number of rotatable bonds is 32. The van der Waals surface area contributed by atoms with Crippen molar-refractivity contribution in [2.75, 3.05) is 61.5 Å². The Morgan fingerprint density at radius 2 is 0.776 bits per heavy atom. The summed E-state index contributed by atoms with van der Waals surface area (Å²) in [5.74, 6) is 0.388. The Morgan fingerprint density at radius 1 is 0.439 bits per heavy atom. The number of fused-ring (bicyclic) bond motifs is 4. The molecule has 0 fully saturated rings. The molecule has 8 heterocycles. The molecule has 0 aliphatic carbocycles. The number of halogens is 4. The first-order chi connectivity index (χ1) is 51.0. The fraction of sp³-hybridized carbons (Fsp3) is 0.302. The normalized spacial score (nSPS) is 14.4. The molecule has 107 heavy (non-hydrogen) atoms. The molecule has 0 bridgehead atoms. The Morgan fingerprint density at radius 3 is 1.15 bits per heavy atom. The molecule has 0 radical (unpaired) electrons. The molecule has 12 aromatic rings. The van der Waals surface area contributed by atoms with E-state index in [4.69, 9.17) is 81.2 Å². The fourth-order valence-corrected chi connectivity index (χ4v) is 13.8. The minimum absolute atomic E-state index is 0.0845. The lowest BCUT2D eigenvalue weighted by molar-refractivity contribution is 0.0764. The lowest BCUT2D eigenvalue weighted by Crippen LogP contribution is -2.25. The zero-order valence-electron chi connectivity index (χ0n) is 57.5. The third-order valence-corrected chi connectivity index (χ3v) is 19.1. The van der Waals surface area contributed by atoms with Gasteiger partial charge in [-0.25, -0.2) is 82.6 Å². The molecule has 44 heteroatoms. The number of hydrogen-bond acceptors (Lipinski definition) is 28. The Kier molecular flexibility index (Phi) is 28.7. The van der Waals surface area contributed by atoms with Gasteiger partial charge in [-0.3, -0.25) is 13.7 Å². The number of imidazole rings is 4. The van der Waals surface area contributed by atoms with E-state index >= 15 is 0 Å². The van der Waals surface area contributed by atoms with E-state index in [1.807, 2.05) is 37.3 Å². The summed E-state index contributed by atoms with van der Waals surface area (Å²) in [6, 6.07) is 24.9. The van der Waals surface area contributed by atoms with Gasteiger partial charge in [-0.2, -0.15) is 0 Å². The maximum absolute atomic E-state index is 13.6. The van der Waals surface area contributed by atoms with Crippen molar-refractivity contribution in [2.45, 2.75) is 84.9 Å². The standard InChI is InChI=1S/C24H28FN6O4P.C15H16ClFN5O3P.C15H17FN5O4P.C9H14N5O4P/c1-18(13-31-16-29-22-23(26)27-15-28-24(22)31)34-17-36(32,35-21-9-7-20(25)8-10-21)30-11-12-33-14-19-5-3-2-4-6-19;1-10(6-22-8-21-13-14(18)19-7-20-15(13)22)24-9-26(16,23)25-12-4-2-11(17)3-5-12;1-10(6-21-8-20-13-14(17)18-7-19-15(13)21)24-9-26(22,23)25-12-4-2-11(16)3-5-12;1-6(18-5-19(15,16)17)2-14-4-13-7-8(10)11-3-12-9(7)14/h2-10,15-16,18H,11-14,17H2,1H3,(H,30,32)(H2,26,27,28);2-5,7-8,10H,6,9H2,1H3,(H2,18,19,20);2-5,7-8,10H,6,9H2,1H3,(H,22,23)(H2,17,18,19);3-4,6H,2,5H2,1H3,(H2,10,11,12)(H2,15,16,17)/t18-,36?;10-,26?;10-;6-/m1111/s1. The molecule has 8 aromatic heterocycles. The van der Waals surface area contributed by atoms with Crippen LogP contribution in [0.15, 0.2) is 154 Å². The van der Waals surface area contributed by atoms with Gasteiger partial charge in [0.15, 0.2) is 52.2 Å². The molecule has 0 saturated carbocycles. The summed E-state index contributed by atoms with van der Waals surface area (Å²) >= 11 is 5.91. The summed E-state index contributed by atoms with van der Waals surface area (Å²) in [5, 5.41) is 2.93. The first kappa shape index (κ1) is 81.4. The van der Waals surface area contributed by atoms with Crippen LogP contribution in [0, 0.1) is 17.5 Å². The van der Waals surface area contributed by atoms with Crippen LogP contribution < -0.4 is 41.6 Å². The van der Waals surface area contributed by atoms with E-state index in [9.17, 15) is 36.3 Å². The van der Waals surface area contributed by atoms with Gasteiger partial charge in [0, 0.05) is 6.54 Å². The fourth-order valence-electron chi connectivity index (χ4n) is 9.52. The van der Waals surface area contributed by atoms with Crippen LogP contribution in [0.1, 0.15) is 33.3 Å². The van der Waals surface area contributed by atoms with Crippen molar-refractivity contribution in [1.82, 2.24) is 83.2 Å². The molecule has 0 saturated heterocycles. The summed E-state index contributed by atoms with van der Waals surface area (Å²) in [7, 11) is -11.7. The van der Waals surface area contributed by atoms with Crippen LogP contribution in [0.2, 0.25) is 0 Å². The number of anilines is 4. The second kappa shape index (κ2) is 37.7. The zero-order chi connectivity index (χ0) is 76.9. The second-order valence-electron chi connectivity index (χ2n) is 23.4. The number of ether oxygens (including phenoxy) is 5. The summed E-state index contributed by atoms with van der Waals surface area (Å²) in [6.07, 6.45) is 8.44. The molecule has 0 aliphatic rings. The van der Waals surface area contributed by atoms with E-state index in [2.05, 4.69) is 64.9 Å². The number of benzene rings is 4. The van der Waals surface area contributed by atoms with E-state index in [0.29, 0.717) is 95.7 Å². The van der Waals surface area contributed by atoms with Crippen LogP contribution >= 0.6 is 40.7 Å². The summed E-state index contributed by atoms with van der Waals surface area (Å²) in [5.41, 5.74) is 28.3. The Bertz CT molecular complexity index is 4910. The van der Waals surface area contributed by atoms with Gasteiger partial charge in [-0.1, -0.05) is 30.3 Å². The van der Waals surface area contributed by atoms with Crippen molar-refractivity contribution in [3.05, 3.63) is 177 Å². The molecule has 7 atom stereocenters. The van der Waals surface area contributed by atoms with Crippen molar-refractivity contribution in [2.24, 2.45) is 0 Å². The number of nitrogens with two attached hydrogens (primary N) is 4. The SMILES string of the molecule is C[C@H](Cn1cnc2c(N)ncnc21)OCP(=O)(Cl)Oc1ccc(F)cc1.C[C@H](Cn1cnc2c(N)ncnc21)OCP(=O)(NCCOCc1ccccc1)Oc1ccc(F)cc1.C[C@H](Cn1cnc2c(N)ncnc21)OCP(=O)(O)O.C[C@H](Cn1cnc2c(N)ncnc21)OCP(=O)(O)Oc1ccc(F)cc1. The monoisotopic (exact) mass is 1580 g/mol. The molecule has 0 spiro atoms. The molecule has 4 aromatic carbocycles. The lowest BCUT2D eigenvalue weighted by atomic mass is 10.2. The zero-order valence-corrected chi connectivity index (χ0v) is 61.9. The van der Waals surface area contributed by atoms with Gasteiger partial charge < -0.3 is 93.1 Å². The minimum atomic E-state index is -4.16. The lowest BCUT2D eigenvalue weighted by Gasteiger charge is -2.23. The van der Waals surface area contributed by atoms with E-state index in [-0.39, 0.29) is 60.3 Å². The first-order valence-corrected chi connectivity index (χ1v) is 40.1.